The van der Waals surface area contributed by atoms with E-state index in [4.69, 9.17) is 5.73 Å². The lowest BCUT2D eigenvalue weighted by molar-refractivity contribution is 0.734. The first kappa shape index (κ1) is 11.2. The van der Waals surface area contributed by atoms with Crippen LogP contribution in [0.2, 0.25) is 0 Å². The molecule has 2 aromatic heterocycles. The van der Waals surface area contributed by atoms with E-state index in [9.17, 15) is 0 Å². The molecule has 2 aromatic rings. The van der Waals surface area contributed by atoms with E-state index in [-0.39, 0.29) is 0 Å². The van der Waals surface area contributed by atoms with Crippen LogP contribution in [0, 0.1) is 0 Å². The molecule has 0 fully saturated rings. The van der Waals surface area contributed by atoms with Gasteiger partial charge in [-0.25, -0.2) is 0 Å². The lowest BCUT2D eigenvalue weighted by Gasteiger charge is -2.00. The molecule has 0 aliphatic carbocycles. The van der Waals surface area contributed by atoms with E-state index in [1.54, 1.807) is 16.4 Å². The minimum Gasteiger partial charge on any atom is -0.324 e. The molecule has 0 radical (unpaired) electrons. The summed E-state index contributed by atoms with van der Waals surface area (Å²) in [6.45, 7) is 0.414. The molecule has 0 spiro atoms. The summed E-state index contributed by atoms with van der Waals surface area (Å²) in [6.07, 6.45) is 3.85. The average Bonchev–Trinajstić information content (AvgIpc) is 2.83. The van der Waals surface area contributed by atoms with Crippen LogP contribution < -0.4 is 5.73 Å². The van der Waals surface area contributed by atoms with Crippen molar-refractivity contribution in [2.75, 3.05) is 0 Å². The predicted molar refractivity (Wildman–Crippen MR) is 61.7 cm³/mol. The predicted octanol–water partition coefficient (Wildman–Crippen LogP) is 0.300. The van der Waals surface area contributed by atoms with Crippen LogP contribution in [0.5, 0.6) is 0 Å². The Morgan fingerprint density at radius 1 is 1.38 bits per heavy atom. The van der Waals surface area contributed by atoms with Crippen LogP contribution in [0.25, 0.3) is 0 Å². The fourth-order valence-corrected chi connectivity index (χ4v) is 2.19. The number of aryl methyl sites for hydroxylation is 1. The number of nitrogens with two attached hydrogens (primary N) is 1. The average molecular weight is 238 g/mol. The molecular formula is C9H14N6S. The quantitative estimate of drug-likeness (QED) is 0.775. The molecule has 2 rings (SSSR count). The van der Waals surface area contributed by atoms with Gasteiger partial charge in [-0.2, -0.15) is 5.10 Å². The maximum Gasteiger partial charge on any atom is 0.191 e. The maximum absolute atomic E-state index is 5.53. The smallest absolute Gasteiger partial charge is 0.191 e. The van der Waals surface area contributed by atoms with Crippen molar-refractivity contribution in [3.8, 4) is 0 Å². The van der Waals surface area contributed by atoms with Gasteiger partial charge in [0.2, 0.25) is 0 Å². The standard InChI is InChI=1S/C9H14N6S/c1-14-5-7(4-11-14)6-16-9-13-12-8(3-10)15(9)2/h4-5H,3,6,10H2,1-2H3. The normalized spacial score (nSPS) is 10.9. The van der Waals surface area contributed by atoms with Gasteiger partial charge in [0.05, 0.1) is 12.7 Å². The maximum atomic E-state index is 5.53. The van der Waals surface area contributed by atoms with Gasteiger partial charge in [0.1, 0.15) is 5.82 Å². The highest BCUT2D eigenvalue weighted by Gasteiger charge is 2.08. The van der Waals surface area contributed by atoms with Gasteiger partial charge in [-0.1, -0.05) is 11.8 Å². The van der Waals surface area contributed by atoms with Crippen LogP contribution in [-0.2, 0) is 26.4 Å². The number of hydrogen-bond acceptors (Lipinski definition) is 5. The van der Waals surface area contributed by atoms with E-state index in [0.29, 0.717) is 6.54 Å². The summed E-state index contributed by atoms with van der Waals surface area (Å²) < 4.78 is 3.71. The van der Waals surface area contributed by atoms with E-state index in [1.807, 2.05) is 31.1 Å². The van der Waals surface area contributed by atoms with Crippen LogP contribution in [0.15, 0.2) is 17.6 Å². The summed E-state index contributed by atoms with van der Waals surface area (Å²) in [7, 11) is 3.83. The molecule has 16 heavy (non-hydrogen) atoms. The molecule has 0 aliphatic rings. The molecule has 0 amide bonds. The molecule has 2 heterocycles. The van der Waals surface area contributed by atoms with Gasteiger partial charge in [-0.3, -0.25) is 4.68 Å². The largest absolute Gasteiger partial charge is 0.324 e. The molecule has 6 nitrogen and oxygen atoms in total. The highest BCUT2D eigenvalue weighted by molar-refractivity contribution is 7.98. The minimum atomic E-state index is 0.414. The SMILES string of the molecule is Cn1cc(CSc2nnc(CN)n2C)cn1. The Morgan fingerprint density at radius 2 is 2.19 bits per heavy atom. The van der Waals surface area contributed by atoms with Gasteiger partial charge in [-0.05, 0) is 0 Å². The lowest BCUT2D eigenvalue weighted by atomic mass is 10.4. The van der Waals surface area contributed by atoms with Crippen molar-refractivity contribution in [2.24, 2.45) is 19.8 Å². The Balaban J connectivity index is 2.02. The Hall–Kier alpha value is -1.34. The van der Waals surface area contributed by atoms with Crippen molar-refractivity contribution < 1.29 is 0 Å². The summed E-state index contributed by atoms with van der Waals surface area (Å²) >= 11 is 1.63. The molecule has 2 N–H and O–H groups in total. The van der Waals surface area contributed by atoms with Crippen LogP contribution in [0.3, 0.4) is 0 Å². The zero-order chi connectivity index (χ0) is 11.5. The molecule has 0 unspecified atom stereocenters. The second-order valence-electron chi connectivity index (χ2n) is 3.47. The Morgan fingerprint density at radius 3 is 2.75 bits per heavy atom. The van der Waals surface area contributed by atoms with Gasteiger partial charge in [0, 0.05) is 31.6 Å². The Bertz CT molecular complexity index is 474. The van der Waals surface area contributed by atoms with Crippen molar-refractivity contribution in [2.45, 2.75) is 17.5 Å². The van der Waals surface area contributed by atoms with Crippen molar-refractivity contribution in [3.63, 3.8) is 0 Å². The number of rotatable bonds is 4. The van der Waals surface area contributed by atoms with Crippen LogP contribution in [0.1, 0.15) is 11.4 Å². The van der Waals surface area contributed by atoms with Crippen molar-refractivity contribution in [3.05, 3.63) is 23.8 Å². The van der Waals surface area contributed by atoms with E-state index >= 15 is 0 Å². The lowest BCUT2D eigenvalue weighted by Crippen LogP contribution is -2.05. The molecule has 0 atom stereocenters. The van der Waals surface area contributed by atoms with Gasteiger partial charge in [-0.15, -0.1) is 10.2 Å². The number of hydrogen-bond donors (Lipinski definition) is 1. The highest BCUT2D eigenvalue weighted by atomic mass is 32.2. The second kappa shape index (κ2) is 4.67. The van der Waals surface area contributed by atoms with Gasteiger partial charge in [0.25, 0.3) is 0 Å². The third-order valence-electron chi connectivity index (χ3n) is 2.23. The Kier molecular flexibility index (Phi) is 3.25. The van der Waals surface area contributed by atoms with Gasteiger partial charge in [0.15, 0.2) is 5.16 Å². The third kappa shape index (κ3) is 2.25. The second-order valence-corrected chi connectivity index (χ2v) is 4.42. The number of aromatic nitrogens is 5. The summed E-state index contributed by atoms with van der Waals surface area (Å²) in [6, 6.07) is 0. The fraction of sp³-hybridized carbons (Fsp3) is 0.444. The van der Waals surface area contributed by atoms with Crippen LogP contribution in [0.4, 0.5) is 0 Å². The number of nitrogens with zero attached hydrogens (tertiary/aromatic N) is 5. The highest BCUT2D eigenvalue weighted by Crippen LogP contribution is 2.20. The molecule has 0 aliphatic heterocycles. The van der Waals surface area contributed by atoms with Crippen molar-refractivity contribution >= 4 is 11.8 Å². The zero-order valence-corrected chi connectivity index (χ0v) is 10.1. The van der Waals surface area contributed by atoms with E-state index < -0.39 is 0 Å². The molecule has 0 aromatic carbocycles. The van der Waals surface area contributed by atoms with Crippen molar-refractivity contribution in [1.82, 2.24) is 24.5 Å². The first-order chi connectivity index (χ1) is 7.70. The molecule has 7 heteroatoms. The molecular weight excluding hydrogens is 224 g/mol. The number of thioether (sulfide) groups is 1. The molecule has 0 saturated heterocycles. The topological polar surface area (TPSA) is 74.6 Å². The van der Waals surface area contributed by atoms with E-state index in [2.05, 4.69) is 15.3 Å². The van der Waals surface area contributed by atoms with E-state index in [0.717, 1.165) is 16.7 Å². The summed E-state index contributed by atoms with van der Waals surface area (Å²) in [5.74, 6) is 1.64. The minimum absolute atomic E-state index is 0.414. The molecule has 0 bridgehead atoms. The van der Waals surface area contributed by atoms with Crippen LogP contribution >= 0.6 is 11.8 Å². The van der Waals surface area contributed by atoms with Gasteiger partial charge < -0.3 is 10.3 Å². The van der Waals surface area contributed by atoms with Crippen molar-refractivity contribution in [1.29, 1.82) is 0 Å². The first-order valence-corrected chi connectivity index (χ1v) is 5.88. The zero-order valence-electron chi connectivity index (χ0n) is 9.29. The first-order valence-electron chi connectivity index (χ1n) is 4.89. The summed E-state index contributed by atoms with van der Waals surface area (Å²) in [4.78, 5) is 0. The molecule has 86 valence electrons. The van der Waals surface area contributed by atoms with E-state index in [1.165, 1.54) is 5.56 Å². The third-order valence-corrected chi connectivity index (χ3v) is 3.33. The Labute approximate surface area is 97.8 Å². The van der Waals surface area contributed by atoms with Crippen LogP contribution in [-0.4, -0.2) is 24.5 Å². The summed E-state index contributed by atoms with van der Waals surface area (Å²) in [5.41, 5.74) is 6.70. The fourth-order valence-electron chi connectivity index (χ4n) is 1.34. The van der Waals surface area contributed by atoms with Gasteiger partial charge >= 0.3 is 0 Å². The molecule has 0 saturated carbocycles. The monoisotopic (exact) mass is 238 g/mol. The summed E-state index contributed by atoms with van der Waals surface area (Å²) in [5, 5.41) is 13.1.